The van der Waals surface area contributed by atoms with Crippen LogP contribution in [0.4, 0.5) is 5.69 Å². The smallest absolute Gasteiger partial charge is 0.271 e. The average molecular weight is 633 g/mol. The number of nitro benzene ring substituents is 1. The van der Waals surface area contributed by atoms with Crippen LogP contribution in [0.5, 0.6) is 0 Å². The van der Waals surface area contributed by atoms with E-state index in [0.717, 1.165) is 20.9 Å². The number of hydrogen-bond acceptors (Lipinski definition) is 7. The molecule has 0 saturated heterocycles. The van der Waals surface area contributed by atoms with Crippen LogP contribution in [0.25, 0.3) is 6.08 Å². The van der Waals surface area contributed by atoms with Crippen LogP contribution in [-0.4, -0.2) is 33.4 Å². The summed E-state index contributed by atoms with van der Waals surface area (Å²) >= 11 is 8.84. The summed E-state index contributed by atoms with van der Waals surface area (Å²) in [5, 5.41) is 12.2. The quantitative estimate of drug-likeness (QED) is 0.172. The van der Waals surface area contributed by atoms with E-state index < -0.39 is 11.0 Å². The van der Waals surface area contributed by atoms with Crippen LogP contribution in [0.3, 0.4) is 0 Å². The molecule has 0 saturated carbocycles. The third-order valence-corrected chi connectivity index (χ3v) is 9.56. The molecular weight excluding hydrogens is 604 g/mol. The van der Waals surface area contributed by atoms with Crippen LogP contribution in [0.15, 0.2) is 97.6 Å². The lowest BCUT2D eigenvalue weighted by atomic mass is 9.94. The van der Waals surface area contributed by atoms with Crippen molar-refractivity contribution in [2.75, 3.05) is 13.1 Å². The summed E-state index contributed by atoms with van der Waals surface area (Å²) in [7, 11) is 0. The van der Waals surface area contributed by atoms with Crippen molar-refractivity contribution in [2.24, 2.45) is 4.99 Å². The Bertz CT molecular complexity index is 1930. The number of amides is 1. The normalized spacial score (nSPS) is 14.8. The first kappa shape index (κ1) is 30.5. The van der Waals surface area contributed by atoms with Gasteiger partial charge in [-0.25, -0.2) is 4.99 Å². The maximum Gasteiger partial charge on any atom is 0.271 e. The van der Waals surface area contributed by atoms with E-state index in [2.05, 4.69) is 0 Å². The Morgan fingerprint density at radius 1 is 1.09 bits per heavy atom. The number of thiazole rings is 1. The van der Waals surface area contributed by atoms with E-state index in [0.29, 0.717) is 44.3 Å². The van der Waals surface area contributed by atoms with Gasteiger partial charge < -0.3 is 4.90 Å². The summed E-state index contributed by atoms with van der Waals surface area (Å²) in [6, 6.07) is 19.0. The van der Waals surface area contributed by atoms with Gasteiger partial charge in [-0.05, 0) is 75.2 Å². The number of fused-ring (bicyclic) bond motifs is 1. The Hall–Kier alpha value is -3.99. The molecule has 43 heavy (non-hydrogen) atoms. The molecule has 0 fully saturated rings. The predicted octanol–water partition coefficient (Wildman–Crippen LogP) is 6.12. The fourth-order valence-electron chi connectivity index (χ4n) is 4.97. The predicted molar refractivity (Wildman–Crippen MR) is 172 cm³/mol. The van der Waals surface area contributed by atoms with Crippen LogP contribution in [0.2, 0.25) is 5.02 Å². The molecule has 3 aromatic carbocycles. The molecule has 0 bridgehead atoms. The molecule has 2 heterocycles. The third kappa shape index (κ3) is 6.22. The van der Waals surface area contributed by atoms with Crippen LogP contribution in [-0.2, 0) is 4.79 Å². The number of rotatable bonds is 8. The first-order valence-corrected chi connectivity index (χ1v) is 15.7. The number of benzene rings is 3. The highest BCUT2D eigenvalue weighted by Gasteiger charge is 2.34. The molecule has 1 amide bonds. The number of aryl methyl sites for hydroxylation is 1. The summed E-state index contributed by atoms with van der Waals surface area (Å²) in [4.78, 5) is 47.7. The molecule has 4 aromatic rings. The van der Waals surface area contributed by atoms with Gasteiger partial charge in [-0.3, -0.25) is 24.3 Å². The molecule has 1 aliphatic heterocycles. The molecule has 1 aromatic heterocycles. The maximum atomic E-state index is 14.1. The van der Waals surface area contributed by atoms with Gasteiger partial charge in [-0.1, -0.05) is 64.5 Å². The number of aromatic nitrogens is 1. The fraction of sp³-hybridized carbons (Fsp3) is 0.219. The third-order valence-electron chi connectivity index (χ3n) is 7.23. The standard InChI is InChI=1S/C32H29ClN4O4S2/c1-5-35(6-2)31(39)28-20(4)34-32-36(29(28)21-9-11-23(33)12-10-21)30(38)27(43-32)18-22-17-24(37(40)41)13-16-26(22)42-25-14-7-19(3)8-15-25/h7-18,29H,5-6H2,1-4H3/b27-18-/t29-/m0/s1. The van der Waals surface area contributed by atoms with Gasteiger partial charge in [0.25, 0.3) is 17.2 Å². The molecule has 0 spiro atoms. The minimum atomic E-state index is -0.713. The lowest BCUT2D eigenvalue weighted by molar-refractivity contribution is -0.384. The van der Waals surface area contributed by atoms with Gasteiger partial charge in [0.05, 0.1) is 26.8 Å². The number of nitro groups is 1. The van der Waals surface area contributed by atoms with Crippen molar-refractivity contribution in [3.05, 3.63) is 130 Å². The first-order chi connectivity index (χ1) is 20.6. The Kier molecular flexibility index (Phi) is 9.00. The second-order valence-corrected chi connectivity index (χ2v) is 12.6. The maximum absolute atomic E-state index is 14.1. The lowest BCUT2D eigenvalue weighted by Crippen LogP contribution is -2.43. The summed E-state index contributed by atoms with van der Waals surface area (Å²) in [6.45, 7) is 8.64. The topological polar surface area (TPSA) is 97.8 Å². The summed E-state index contributed by atoms with van der Waals surface area (Å²) in [5.74, 6) is -0.184. The van der Waals surface area contributed by atoms with Gasteiger partial charge in [0.15, 0.2) is 4.80 Å². The van der Waals surface area contributed by atoms with Crippen LogP contribution in [0.1, 0.15) is 43.5 Å². The van der Waals surface area contributed by atoms with E-state index in [4.69, 9.17) is 16.6 Å². The molecular formula is C32H29ClN4O4S2. The van der Waals surface area contributed by atoms with Crippen molar-refractivity contribution < 1.29 is 9.72 Å². The van der Waals surface area contributed by atoms with Crippen molar-refractivity contribution >= 4 is 52.4 Å². The van der Waals surface area contributed by atoms with E-state index in [1.54, 1.807) is 40.7 Å². The van der Waals surface area contributed by atoms with Crippen LogP contribution in [0, 0.1) is 17.0 Å². The van der Waals surface area contributed by atoms with Gasteiger partial charge in [-0.2, -0.15) is 0 Å². The second kappa shape index (κ2) is 12.7. The van der Waals surface area contributed by atoms with Gasteiger partial charge in [0.1, 0.15) is 0 Å². The van der Waals surface area contributed by atoms with Gasteiger partial charge in [-0.15, -0.1) is 0 Å². The second-order valence-electron chi connectivity index (χ2n) is 10.0. The Balaban J connectivity index is 1.70. The molecule has 5 rings (SSSR count). The number of carbonyl (C=O) groups is 1. The molecule has 11 heteroatoms. The highest BCUT2D eigenvalue weighted by atomic mass is 35.5. The number of nitrogens with zero attached hydrogens (tertiary/aromatic N) is 4. The van der Waals surface area contributed by atoms with Crippen LogP contribution < -0.4 is 14.9 Å². The zero-order valence-electron chi connectivity index (χ0n) is 24.0. The first-order valence-electron chi connectivity index (χ1n) is 13.7. The van der Waals surface area contributed by atoms with Crippen molar-refractivity contribution in [3.8, 4) is 0 Å². The van der Waals surface area contributed by atoms with E-state index in [1.807, 2.05) is 57.2 Å². The van der Waals surface area contributed by atoms with Crippen LogP contribution >= 0.6 is 34.7 Å². The van der Waals surface area contributed by atoms with Gasteiger partial charge >= 0.3 is 0 Å². The number of likely N-dealkylation sites (N-methyl/N-ethyl adjacent to an activating group) is 1. The molecule has 8 nitrogen and oxygen atoms in total. The Labute approximate surface area is 261 Å². The summed E-state index contributed by atoms with van der Waals surface area (Å²) in [5.41, 5.74) is 2.95. The number of carbonyl (C=O) groups excluding carboxylic acids is 1. The summed E-state index contributed by atoms with van der Waals surface area (Å²) < 4.78 is 1.90. The van der Waals surface area contributed by atoms with E-state index >= 15 is 0 Å². The fourth-order valence-corrected chi connectivity index (χ4v) is 7.03. The number of allylic oxidation sites excluding steroid dienone is 1. The van der Waals surface area contributed by atoms with E-state index in [1.165, 1.54) is 35.2 Å². The number of hydrogen-bond donors (Lipinski definition) is 0. The summed E-state index contributed by atoms with van der Waals surface area (Å²) in [6.07, 6.45) is 1.68. The highest BCUT2D eigenvalue weighted by molar-refractivity contribution is 7.99. The van der Waals surface area contributed by atoms with Gasteiger partial charge in [0.2, 0.25) is 0 Å². The van der Waals surface area contributed by atoms with Crippen molar-refractivity contribution in [1.29, 1.82) is 0 Å². The van der Waals surface area contributed by atoms with Gasteiger partial charge in [0, 0.05) is 40.0 Å². The average Bonchev–Trinajstić information content (AvgIpc) is 3.29. The van der Waals surface area contributed by atoms with Crippen molar-refractivity contribution in [3.63, 3.8) is 0 Å². The molecule has 0 radical (unpaired) electrons. The zero-order chi connectivity index (χ0) is 30.8. The Morgan fingerprint density at radius 3 is 2.40 bits per heavy atom. The molecule has 0 aliphatic carbocycles. The monoisotopic (exact) mass is 632 g/mol. The zero-order valence-corrected chi connectivity index (χ0v) is 26.4. The molecule has 0 N–H and O–H groups in total. The largest absolute Gasteiger partial charge is 0.339 e. The van der Waals surface area contributed by atoms with E-state index in [-0.39, 0.29) is 17.2 Å². The highest BCUT2D eigenvalue weighted by Crippen LogP contribution is 2.34. The van der Waals surface area contributed by atoms with Crippen molar-refractivity contribution in [1.82, 2.24) is 9.47 Å². The Morgan fingerprint density at radius 2 is 1.77 bits per heavy atom. The number of non-ortho nitro benzene ring substituents is 1. The molecule has 1 aliphatic rings. The minimum absolute atomic E-state index is 0.0747. The molecule has 0 unspecified atom stereocenters. The lowest BCUT2D eigenvalue weighted by Gasteiger charge is -2.29. The van der Waals surface area contributed by atoms with E-state index in [9.17, 15) is 19.7 Å². The number of halogens is 1. The molecule has 1 atom stereocenters. The van der Waals surface area contributed by atoms with Crippen molar-refractivity contribution in [2.45, 2.75) is 43.5 Å². The molecule has 220 valence electrons. The minimum Gasteiger partial charge on any atom is -0.339 e. The SMILES string of the molecule is CCN(CC)C(=O)C1=C(C)N=c2s/c(=C\c3cc([N+](=O)[O-])ccc3Sc3ccc(C)cc3)c(=O)n2[C@H]1c1ccc(Cl)cc1.